The maximum Gasteiger partial charge on any atom is 0.416 e. The molecule has 1 fully saturated rings. The van der Waals surface area contributed by atoms with Gasteiger partial charge < -0.3 is 4.90 Å². The van der Waals surface area contributed by atoms with Crippen LogP contribution in [0, 0.1) is 11.8 Å². The number of hydrogen-bond donors (Lipinski definition) is 0. The molecule has 0 saturated carbocycles. The van der Waals surface area contributed by atoms with E-state index in [1.807, 2.05) is 12.2 Å². The molecule has 1 aromatic rings. The smallest absolute Gasteiger partial charge is 0.338 e. The highest BCUT2D eigenvalue weighted by atomic mass is 19.4. The Morgan fingerprint density at radius 2 is 1.96 bits per heavy atom. The second-order valence-electron chi connectivity index (χ2n) is 5.76. The second-order valence-corrected chi connectivity index (χ2v) is 5.76. The molecule has 0 spiro atoms. The lowest BCUT2D eigenvalue weighted by Crippen LogP contribution is -2.26. The van der Waals surface area contributed by atoms with E-state index in [1.165, 1.54) is 18.2 Å². The summed E-state index contributed by atoms with van der Waals surface area (Å²) in [6.45, 7) is 6.90. The van der Waals surface area contributed by atoms with Crippen LogP contribution in [-0.2, 0) is 11.0 Å². The molecule has 2 rings (SSSR count). The van der Waals surface area contributed by atoms with Gasteiger partial charge in [-0.3, -0.25) is 4.79 Å². The fourth-order valence-corrected chi connectivity index (χ4v) is 2.87. The van der Waals surface area contributed by atoms with Crippen molar-refractivity contribution in [1.82, 2.24) is 4.90 Å². The standard InChI is InChI=1S/C18H20F3NO/c1-3-14-11-22(17(23)4-2)12-15(14)8-5-13-6-9-16(10-7-13)18(19,20)21/h4-10,14-15H,2-3,11-12H2,1H3/b8-5+. The Hall–Kier alpha value is -2.04. The van der Waals surface area contributed by atoms with Crippen LogP contribution < -0.4 is 0 Å². The molecular formula is C18H20F3NO. The van der Waals surface area contributed by atoms with E-state index in [0.29, 0.717) is 19.0 Å². The van der Waals surface area contributed by atoms with E-state index in [4.69, 9.17) is 0 Å². The van der Waals surface area contributed by atoms with Crippen molar-refractivity contribution in [2.45, 2.75) is 19.5 Å². The SMILES string of the molecule is C=CC(=O)N1CC(/C=C/c2ccc(C(F)(F)F)cc2)C(CC)C1. The summed E-state index contributed by atoms with van der Waals surface area (Å²) in [5.74, 6) is 0.504. The van der Waals surface area contributed by atoms with Gasteiger partial charge >= 0.3 is 6.18 Å². The Morgan fingerprint density at radius 1 is 1.30 bits per heavy atom. The van der Waals surface area contributed by atoms with Crippen LogP contribution in [0.4, 0.5) is 13.2 Å². The molecule has 1 saturated heterocycles. The van der Waals surface area contributed by atoms with Crippen molar-refractivity contribution in [1.29, 1.82) is 0 Å². The molecular weight excluding hydrogens is 303 g/mol. The van der Waals surface area contributed by atoms with E-state index in [9.17, 15) is 18.0 Å². The number of likely N-dealkylation sites (tertiary alicyclic amines) is 1. The highest BCUT2D eigenvalue weighted by Crippen LogP contribution is 2.30. The summed E-state index contributed by atoms with van der Waals surface area (Å²) in [6, 6.07) is 5.09. The minimum atomic E-state index is -4.31. The fourth-order valence-electron chi connectivity index (χ4n) is 2.87. The van der Waals surface area contributed by atoms with Gasteiger partial charge in [0.25, 0.3) is 0 Å². The lowest BCUT2D eigenvalue weighted by Gasteiger charge is -2.12. The van der Waals surface area contributed by atoms with Crippen LogP contribution in [-0.4, -0.2) is 23.9 Å². The molecule has 1 heterocycles. The molecule has 124 valence electrons. The molecule has 23 heavy (non-hydrogen) atoms. The van der Waals surface area contributed by atoms with Crippen molar-refractivity contribution in [2.24, 2.45) is 11.8 Å². The number of halogens is 3. The zero-order valence-electron chi connectivity index (χ0n) is 13.0. The van der Waals surface area contributed by atoms with Crippen LogP contribution in [0.1, 0.15) is 24.5 Å². The second kappa shape index (κ2) is 7.02. The number of carbonyl (C=O) groups excluding carboxylic acids is 1. The largest absolute Gasteiger partial charge is 0.416 e. The predicted molar refractivity (Wildman–Crippen MR) is 84.5 cm³/mol. The van der Waals surface area contributed by atoms with E-state index in [2.05, 4.69) is 13.5 Å². The molecule has 1 aliphatic rings. The summed E-state index contributed by atoms with van der Waals surface area (Å²) in [6.07, 6.45) is 1.77. The van der Waals surface area contributed by atoms with Gasteiger partial charge in [-0.25, -0.2) is 0 Å². The van der Waals surface area contributed by atoms with Crippen molar-refractivity contribution < 1.29 is 18.0 Å². The Bertz CT molecular complexity index is 589. The Morgan fingerprint density at radius 3 is 2.48 bits per heavy atom. The van der Waals surface area contributed by atoms with Crippen LogP contribution in [0.5, 0.6) is 0 Å². The number of alkyl halides is 3. The molecule has 2 unspecified atom stereocenters. The minimum Gasteiger partial charge on any atom is -0.338 e. The van der Waals surface area contributed by atoms with Crippen LogP contribution in [0.25, 0.3) is 6.08 Å². The molecule has 0 aromatic heterocycles. The number of hydrogen-bond acceptors (Lipinski definition) is 1. The van der Waals surface area contributed by atoms with Crippen molar-refractivity contribution in [3.8, 4) is 0 Å². The summed E-state index contributed by atoms with van der Waals surface area (Å²) in [7, 11) is 0. The molecule has 2 atom stereocenters. The first-order chi connectivity index (χ1) is 10.8. The summed E-state index contributed by atoms with van der Waals surface area (Å²) >= 11 is 0. The monoisotopic (exact) mass is 323 g/mol. The first-order valence-electron chi connectivity index (χ1n) is 7.62. The van der Waals surface area contributed by atoms with Crippen LogP contribution in [0.2, 0.25) is 0 Å². The number of nitrogens with zero attached hydrogens (tertiary/aromatic N) is 1. The van der Waals surface area contributed by atoms with Crippen molar-refractivity contribution in [3.05, 3.63) is 54.1 Å². The summed E-state index contributed by atoms with van der Waals surface area (Å²) in [5.41, 5.74) is 0.0751. The normalized spacial score (nSPS) is 21.8. The van der Waals surface area contributed by atoms with E-state index in [-0.39, 0.29) is 11.8 Å². The number of amides is 1. The average molecular weight is 323 g/mol. The Labute approximate surface area is 134 Å². The number of carbonyl (C=O) groups is 1. The van der Waals surface area contributed by atoms with Crippen molar-refractivity contribution in [3.63, 3.8) is 0 Å². The third-order valence-electron chi connectivity index (χ3n) is 4.28. The number of benzene rings is 1. The third-order valence-corrected chi connectivity index (χ3v) is 4.28. The molecule has 5 heteroatoms. The van der Waals surface area contributed by atoms with Gasteiger partial charge in [0.2, 0.25) is 5.91 Å². The van der Waals surface area contributed by atoms with Gasteiger partial charge in [-0.1, -0.05) is 44.2 Å². The highest BCUT2D eigenvalue weighted by molar-refractivity contribution is 5.87. The summed E-state index contributed by atoms with van der Waals surface area (Å²) in [5, 5.41) is 0. The van der Waals surface area contributed by atoms with E-state index in [0.717, 1.165) is 24.1 Å². The summed E-state index contributed by atoms with van der Waals surface area (Å²) in [4.78, 5) is 13.5. The third kappa shape index (κ3) is 4.24. The summed E-state index contributed by atoms with van der Waals surface area (Å²) < 4.78 is 37.6. The zero-order chi connectivity index (χ0) is 17.0. The first-order valence-corrected chi connectivity index (χ1v) is 7.62. The van der Waals surface area contributed by atoms with Crippen LogP contribution >= 0.6 is 0 Å². The van der Waals surface area contributed by atoms with Gasteiger partial charge in [0.05, 0.1) is 5.56 Å². The van der Waals surface area contributed by atoms with E-state index in [1.54, 1.807) is 4.90 Å². The maximum atomic E-state index is 12.5. The molecule has 0 radical (unpaired) electrons. The van der Waals surface area contributed by atoms with Crippen molar-refractivity contribution >= 4 is 12.0 Å². The van der Waals surface area contributed by atoms with Gasteiger partial charge in [0, 0.05) is 13.1 Å². The first kappa shape index (κ1) is 17.3. The molecule has 1 aliphatic heterocycles. The average Bonchev–Trinajstić information content (AvgIpc) is 2.95. The van der Waals surface area contributed by atoms with Crippen LogP contribution in [0.3, 0.4) is 0 Å². The lowest BCUT2D eigenvalue weighted by molar-refractivity contribution is -0.137. The van der Waals surface area contributed by atoms with Crippen LogP contribution in [0.15, 0.2) is 43.0 Å². The quantitative estimate of drug-likeness (QED) is 0.753. The van der Waals surface area contributed by atoms with E-state index < -0.39 is 11.7 Å². The maximum absolute atomic E-state index is 12.5. The molecule has 0 bridgehead atoms. The molecule has 1 aromatic carbocycles. The van der Waals surface area contributed by atoms with Gasteiger partial charge in [0.1, 0.15) is 0 Å². The molecule has 2 nitrogen and oxygen atoms in total. The lowest BCUT2D eigenvalue weighted by atomic mass is 9.93. The predicted octanol–water partition coefficient (Wildman–Crippen LogP) is 4.39. The fraction of sp³-hybridized carbons (Fsp3) is 0.389. The van der Waals surface area contributed by atoms with Gasteiger partial charge in [-0.2, -0.15) is 13.2 Å². The highest BCUT2D eigenvalue weighted by Gasteiger charge is 2.32. The molecule has 0 N–H and O–H groups in total. The number of rotatable bonds is 4. The minimum absolute atomic E-state index is 0.0751. The molecule has 0 aliphatic carbocycles. The van der Waals surface area contributed by atoms with Gasteiger partial charge in [-0.05, 0) is 35.6 Å². The zero-order valence-corrected chi connectivity index (χ0v) is 13.0. The Kier molecular flexibility index (Phi) is 5.29. The van der Waals surface area contributed by atoms with Gasteiger partial charge in [-0.15, -0.1) is 0 Å². The topological polar surface area (TPSA) is 20.3 Å². The van der Waals surface area contributed by atoms with E-state index >= 15 is 0 Å². The van der Waals surface area contributed by atoms with Gasteiger partial charge in [0.15, 0.2) is 0 Å². The Balaban J connectivity index is 2.06. The van der Waals surface area contributed by atoms with Crippen molar-refractivity contribution in [2.75, 3.05) is 13.1 Å². The molecule has 1 amide bonds.